The van der Waals surface area contributed by atoms with E-state index in [2.05, 4.69) is 17.2 Å². The zero-order valence-electron chi connectivity index (χ0n) is 18.4. The number of carbonyl (C=O) groups is 2. The minimum Gasteiger partial charge on any atom is -0.491 e. The third-order valence-corrected chi connectivity index (χ3v) is 5.29. The monoisotopic (exact) mass is 438 g/mol. The summed E-state index contributed by atoms with van der Waals surface area (Å²) in [5, 5.41) is 2.81. The Kier molecular flexibility index (Phi) is 7.85. The third-order valence-electron chi connectivity index (χ3n) is 5.29. The molecular weight excluding hydrogens is 411 g/mol. The van der Waals surface area contributed by atoms with Gasteiger partial charge in [-0.2, -0.15) is 0 Å². The maximum atomic E-state index is 13.5. The van der Waals surface area contributed by atoms with Gasteiger partial charge in [-0.1, -0.05) is 31.0 Å². The van der Waals surface area contributed by atoms with Gasteiger partial charge in [0.25, 0.3) is 11.8 Å². The second-order valence-electron chi connectivity index (χ2n) is 7.65. The Morgan fingerprint density at radius 3 is 2.50 bits per heavy atom. The Bertz CT molecular complexity index is 1010. The Morgan fingerprint density at radius 1 is 1.19 bits per heavy atom. The van der Waals surface area contributed by atoms with Crippen molar-refractivity contribution in [1.82, 2.24) is 4.90 Å². The minimum absolute atomic E-state index is 0.112. The van der Waals surface area contributed by atoms with E-state index in [0.29, 0.717) is 30.2 Å². The first-order valence-corrected chi connectivity index (χ1v) is 10.5. The lowest BCUT2D eigenvalue weighted by Crippen LogP contribution is -2.43. The number of hydrogen-bond donors (Lipinski definition) is 1. The largest absolute Gasteiger partial charge is 0.491 e. The molecule has 2 aromatic carbocycles. The van der Waals surface area contributed by atoms with Gasteiger partial charge in [0.15, 0.2) is 0 Å². The van der Waals surface area contributed by atoms with Crippen LogP contribution in [-0.4, -0.2) is 43.1 Å². The van der Waals surface area contributed by atoms with Crippen molar-refractivity contribution in [3.05, 3.63) is 59.9 Å². The summed E-state index contributed by atoms with van der Waals surface area (Å²) in [5.74, 6) is 4.71. The number of nitrogens with one attached hydrogen (secondary N) is 1. The Morgan fingerprint density at radius 2 is 1.88 bits per heavy atom. The number of rotatable bonds is 9. The number of benzene rings is 2. The van der Waals surface area contributed by atoms with Gasteiger partial charge in [0.1, 0.15) is 24.2 Å². The summed E-state index contributed by atoms with van der Waals surface area (Å²) < 4.78 is 24.2. The molecule has 3 rings (SSSR count). The van der Waals surface area contributed by atoms with Crippen LogP contribution in [0.3, 0.4) is 0 Å². The number of halogens is 1. The van der Waals surface area contributed by atoms with E-state index in [0.717, 1.165) is 6.42 Å². The van der Waals surface area contributed by atoms with Crippen LogP contribution in [0.5, 0.6) is 5.75 Å². The summed E-state index contributed by atoms with van der Waals surface area (Å²) in [6.07, 6.45) is 0.782. The minimum atomic E-state index is -0.970. The lowest BCUT2D eigenvalue weighted by atomic mass is 10.0. The molecule has 0 aliphatic heterocycles. The number of anilines is 1. The lowest BCUT2D eigenvalue weighted by molar-refractivity contribution is -0.135. The van der Waals surface area contributed by atoms with Crippen molar-refractivity contribution in [1.29, 1.82) is 0 Å². The first-order chi connectivity index (χ1) is 15.5. The van der Waals surface area contributed by atoms with Crippen molar-refractivity contribution < 1.29 is 23.5 Å². The number of para-hydroxylation sites is 1. The predicted octanol–water partition coefficient (Wildman–Crippen LogP) is 3.79. The zero-order chi connectivity index (χ0) is 23.1. The fourth-order valence-corrected chi connectivity index (χ4v) is 3.55. The van der Waals surface area contributed by atoms with E-state index < -0.39 is 23.7 Å². The number of amides is 2. The molecule has 3 unspecified atom stereocenters. The molecule has 168 valence electrons. The van der Waals surface area contributed by atoms with Crippen molar-refractivity contribution in [2.45, 2.75) is 32.4 Å². The SMILES string of the molecule is CC#CC(=O)N(C(C(=O)Nc1ccc(F)cc1)c1ccccc1OCCOC)C1CC1C. The number of methoxy groups -OCH3 is 1. The number of nitrogens with zero attached hydrogens (tertiary/aromatic N) is 1. The van der Waals surface area contributed by atoms with E-state index in [9.17, 15) is 14.0 Å². The van der Waals surface area contributed by atoms with Crippen LogP contribution in [0.25, 0.3) is 0 Å². The molecule has 0 aromatic heterocycles. The van der Waals surface area contributed by atoms with Gasteiger partial charge in [0, 0.05) is 24.4 Å². The highest BCUT2D eigenvalue weighted by molar-refractivity contribution is 6.02. The van der Waals surface area contributed by atoms with Crippen LogP contribution in [0.2, 0.25) is 0 Å². The molecule has 0 spiro atoms. The average Bonchev–Trinajstić information content (AvgIpc) is 3.50. The second-order valence-corrected chi connectivity index (χ2v) is 7.65. The molecule has 1 N–H and O–H groups in total. The molecule has 2 amide bonds. The smallest absolute Gasteiger partial charge is 0.299 e. The maximum Gasteiger partial charge on any atom is 0.299 e. The summed E-state index contributed by atoms with van der Waals surface area (Å²) in [7, 11) is 1.58. The molecular formula is C25H27FN2O4. The molecule has 1 saturated carbocycles. The van der Waals surface area contributed by atoms with Gasteiger partial charge in [0.2, 0.25) is 0 Å². The van der Waals surface area contributed by atoms with Crippen LogP contribution in [0.1, 0.15) is 31.9 Å². The van der Waals surface area contributed by atoms with Crippen LogP contribution in [-0.2, 0) is 14.3 Å². The molecule has 1 aliphatic rings. The summed E-state index contributed by atoms with van der Waals surface area (Å²) in [6.45, 7) is 4.29. The van der Waals surface area contributed by atoms with Gasteiger partial charge in [-0.3, -0.25) is 9.59 Å². The van der Waals surface area contributed by atoms with Gasteiger partial charge in [-0.25, -0.2) is 4.39 Å². The highest BCUT2D eigenvalue weighted by Crippen LogP contribution is 2.42. The Hall–Kier alpha value is -3.37. The lowest BCUT2D eigenvalue weighted by Gasteiger charge is -2.31. The Labute approximate surface area is 187 Å². The van der Waals surface area contributed by atoms with Gasteiger partial charge >= 0.3 is 0 Å². The topological polar surface area (TPSA) is 67.9 Å². The van der Waals surface area contributed by atoms with E-state index in [-0.39, 0.29) is 12.0 Å². The number of carbonyl (C=O) groups excluding carboxylic acids is 2. The predicted molar refractivity (Wildman–Crippen MR) is 119 cm³/mol. The molecule has 0 radical (unpaired) electrons. The molecule has 7 heteroatoms. The van der Waals surface area contributed by atoms with Crippen LogP contribution in [0, 0.1) is 23.6 Å². The first kappa shape index (κ1) is 23.3. The maximum absolute atomic E-state index is 13.5. The summed E-state index contributed by atoms with van der Waals surface area (Å²) in [6, 6.07) is 11.5. The molecule has 2 aromatic rings. The molecule has 1 aliphatic carbocycles. The zero-order valence-corrected chi connectivity index (χ0v) is 18.4. The highest BCUT2D eigenvalue weighted by Gasteiger charge is 2.46. The summed E-state index contributed by atoms with van der Waals surface area (Å²) in [4.78, 5) is 28.1. The first-order valence-electron chi connectivity index (χ1n) is 10.5. The molecule has 0 heterocycles. The van der Waals surface area contributed by atoms with Gasteiger partial charge < -0.3 is 19.7 Å². The number of ether oxygens (including phenoxy) is 2. The van der Waals surface area contributed by atoms with Crippen LogP contribution >= 0.6 is 0 Å². The van der Waals surface area contributed by atoms with Crippen molar-refractivity contribution in [2.24, 2.45) is 5.92 Å². The summed E-state index contributed by atoms with van der Waals surface area (Å²) >= 11 is 0. The van der Waals surface area contributed by atoms with Crippen LogP contribution in [0.4, 0.5) is 10.1 Å². The van der Waals surface area contributed by atoms with Crippen molar-refractivity contribution in [2.75, 3.05) is 25.6 Å². The normalized spacial score (nSPS) is 17.5. The van der Waals surface area contributed by atoms with Crippen LogP contribution < -0.4 is 10.1 Å². The van der Waals surface area contributed by atoms with Gasteiger partial charge in [-0.15, -0.1) is 0 Å². The van der Waals surface area contributed by atoms with E-state index in [1.807, 2.05) is 6.92 Å². The third kappa shape index (κ3) is 5.65. The molecule has 3 atom stereocenters. The summed E-state index contributed by atoms with van der Waals surface area (Å²) in [5.41, 5.74) is 0.977. The Balaban J connectivity index is 2.02. The van der Waals surface area contributed by atoms with E-state index in [1.165, 1.54) is 24.3 Å². The molecule has 0 saturated heterocycles. The van der Waals surface area contributed by atoms with Crippen molar-refractivity contribution in [3.8, 4) is 17.6 Å². The second kappa shape index (κ2) is 10.8. The molecule has 32 heavy (non-hydrogen) atoms. The standard InChI is InChI=1S/C25H27FN2O4/c1-4-7-23(29)28(21-16-17(21)2)24(25(30)27-19-12-10-18(26)11-13-19)20-8-5-6-9-22(20)32-15-14-31-3/h5-6,8-13,17,21,24H,14-16H2,1-3H3,(H,27,30). The number of hydrogen-bond acceptors (Lipinski definition) is 4. The fourth-order valence-electron chi connectivity index (χ4n) is 3.55. The highest BCUT2D eigenvalue weighted by atomic mass is 19.1. The van der Waals surface area contributed by atoms with E-state index in [4.69, 9.17) is 9.47 Å². The van der Waals surface area contributed by atoms with Crippen LogP contribution in [0.15, 0.2) is 48.5 Å². The molecule has 0 bridgehead atoms. The molecule has 6 nitrogen and oxygen atoms in total. The average molecular weight is 438 g/mol. The van der Waals surface area contributed by atoms with Gasteiger partial charge in [-0.05, 0) is 55.5 Å². The van der Waals surface area contributed by atoms with Crippen molar-refractivity contribution in [3.63, 3.8) is 0 Å². The fraction of sp³-hybridized carbons (Fsp3) is 0.360. The molecule has 1 fully saturated rings. The quantitative estimate of drug-likeness (QED) is 0.478. The van der Waals surface area contributed by atoms with Crippen molar-refractivity contribution >= 4 is 17.5 Å². The van der Waals surface area contributed by atoms with E-state index >= 15 is 0 Å². The van der Waals surface area contributed by atoms with Gasteiger partial charge in [0.05, 0.1) is 6.61 Å². The van der Waals surface area contributed by atoms with E-state index in [1.54, 1.807) is 43.2 Å².